The van der Waals surface area contributed by atoms with Crippen molar-refractivity contribution in [1.82, 2.24) is 4.57 Å². The summed E-state index contributed by atoms with van der Waals surface area (Å²) in [6.45, 7) is 3.66. The molecule has 0 aliphatic heterocycles. The number of allylic oxidation sites excluding steroid dienone is 2. The molecule has 88 valence electrons. The zero-order chi connectivity index (χ0) is 13.3. The molecule has 1 heterocycles. The number of nitriles is 2. The molecule has 0 aliphatic carbocycles. The number of rotatable bonds is 1. The Kier molecular flexibility index (Phi) is 2.92. The average Bonchev–Trinajstić information content (AvgIpc) is 2.65. The summed E-state index contributed by atoms with van der Waals surface area (Å²) >= 11 is 0. The van der Waals surface area contributed by atoms with Gasteiger partial charge in [-0.05, 0) is 25.5 Å². The number of para-hydroxylation sites is 1. The Bertz CT molecular complexity index is 694. The van der Waals surface area contributed by atoms with Gasteiger partial charge in [0.2, 0.25) is 0 Å². The Morgan fingerprint density at radius 2 is 1.83 bits per heavy atom. The molecule has 0 atom stereocenters. The minimum atomic E-state index is 0.450. The highest BCUT2D eigenvalue weighted by Crippen LogP contribution is 2.30. The largest absolute Gasteiger partial charge is 0.343 e. The summed E-state index contributed by atoms with van der Waals surface area (Å²) in [5.41, 5.74) is 3.85. The number of nitrogens with zero attached hydrogens (tertiary/aromatic N) is 3. The van der Waals surface area contributed by atoms with E-state index in [0.29, 0.717) is 11.1 Å². The monoisotopic (exact) mass is 235 g/mol. The van der Waals surface area contributed by atoms with Gasteiger partial charge in [-0.15, -0.1) is 0 Å². The van der Waals surface area contributed by atoms with E-state index in [9.17, 15) is 5.26 Å². The number of fused-ring (bicyclic) bond motifs is 1. The molecule has 0 amide bonds. The number of aryl methyl sites for hydroxylation is 2. The van der Waals surface area contributed by atoms with Crippen molar-refractivity contribution in [3.8, 4) is 12.1 Å². The van der Waals surface area contributed by atoms with Crippen LogP contribution >= 0.6 is 0 Å². The van der Waals surface area contributed by atoms with Gasteiger partial charge in [-0.1, -0.05) is 18.2 Å². The maximum absolute atomic E-state index is 9.28. The van der Waals surface area contributed by atoms with E-state index >= 15 is 0 Å². The second-order valence-corrected chi connectivity index (χ2v) is 4.27. The van der Waals surface area contributed by atoms with Gasteiger partial charge < -0.3 is 4.57 Å². The summed E-state index contributed by atoms with van der Waals surface area (Å²) in [7, 11) is 1.92. The van der Waals surface area contributed by atoms with Gasteiger partial charge in [0, 0.05) is 23.5 Å². The fraction of sp³-hybridized carbons (Fsp3) is 0.200. The maximum atomic E-state index is 9.28. The Morgan fingerprint density at radius 3 is 2.39 bits per heavy atom. The fourth-order valence-corrected chi connectivity index (χ4v) is 2.31. The minimum absolute atomic E-state index is 0.450. The molecule has 18 heavy (non-hydrogen) atoms. The Labute approximate surface area is 106 Å². The summed E-state index contributed by atoms with van der Waals surface area (Å²) in [5.74, 6) is 0. The standard InChI is InChI=1S/C15H13N3/c1-10(8-16)13(9-17)15-11(2)12-6-4-5-7-14(12)18(15)3/h4-7H,1-3H3/b13-10+. The van der Waals surface area contributed by atoms with Crippen LogP contribution in [0.3, 0.4) is 0 Å². The molecule has 0 saturated heterocycles. The SMILES string of the molecule is C/C(C#N)=C(/C#N)c1c(C)c2ccccc2n1C. The van der Waals surface area contributed by atoms with Crippen molar-refractivity contribution < 1.29 is 0 Å². The summed E-state index contributed by atoms with van der Waals surface area (Å²) in [5, 5.41) is 19.4. The molecule has 1 aromatic carbocycles. The molecule has 3 nitrogen and oxygen atoms in total. The fourth-order valence-electron chi connectivity index (χ4n) is 2.31. The van der Waals surface area contributed by atoms with Gasteiger partial charge in [-0.3, -0.25) is 0 Å². The lowest BCUT2D eigenvalue weighted by atomic mass is 10.0. The van der Waals surface area contributed by atoms with Gasteiger partial charge in [-0.25, -0.2) is 0 Å². The average molecular weight is 235 g/mol. The van der Waals surface area contributed by atoms with Crippen LogP contribution in [-0.2, 0) is 7.05 Å². The third-order valence-corrected chi connectivity index (χ3v) is 3.25. The van der Waals surface area contributed by atoms with Crippen LogP contribution < -0.4 is 0 Å². The maximum Gasteiger partial charge on any atom is 0.102 e. The quantitative estimate of drug-likeness (QED) is 0.712. The summed E-state index contributed by atoms with van der Waals surface area (Å²) < 4.78 is 1.98. The van der Waals surface area contributed by atoms with Crippen LogP contribution in [0.2, 0.25) is 0 Å². The molecular formula is C15H13N3. The molecule has 0 saturated carbocycles. The first-order valence-corrected chi connectivity index (χ1v) is 5.67. The summed E-state index contributed by atoms with van der Waals surface area (Å²) in [6, 6.07) is 12.2. The molecule has 0 spiro atoms. The smallest absolute Gasteiger partial charge is 0.102 e. The van der Waals surface area contributed by atoms with Crippen molar-refractivity contribution >= 4 is 16.5 Å². The summed E-state index contributed by atoms with van der Waals surface area (Å²) in [4.78, 5) is 0. The second kappa shape index (κ2) is 4.39. The highest BCUT2D eigenvalue weighted by atomic mass is 15.0. The lowest BCUT2D eigenvalue weighted by Gasteiger charge is -2.04. The van der Waals surface area contributed by atoms with Gasteiger partial charge in [0.1, 0.15) is 6.07 Å². The van der Waals surface area contributed by atoms with Crippen molar-refractivity contribution in [3.63, 3.8) is 0 Å². The number of benzene rings is 1. The zero-order valence-electron chi connectivity index (χ0n) is 10.7. The van der Waals surface area contributed by atoms with Gasteiger partial charge in [-0.2, -0.15) is 10.5 Å². The van der Waals surface area contributed by atoms with E-state index in [1.807, 2.05) is 42.8 Å². The molecule has 2 rings (SSSR count). The second-order valence-electron chi connectivity index (χ2n) is 4.27. The first-order chi connectivity index (χ1) is 8.61. The third-order valence-electron chi connectivity index (χ3n) is 3.25. The molecule has 0 radical (unpaired) electrons. The molecule has 2 aromatic rings. The molecule has 0 bridgehead atoms. The van der Waals surface area contributed by atoms with Crippen molar-refractivity contribution in [3.05, 3.63) is 41.1 Å². The van der Waals surface area contributed by atoms with Crippen LogP contribution in [0.15, 0.2) is 29.8 Å². The third kappa shape index (κ3) is 1.58. The van der Waals surface area contributed by atoms with Gasteiger partial charge in [0.05, 0.1) is 17.3 Å². The van der Waals surface area contributed by atoms with E-state index in [-0.39, 0.29) is 0 Å². The van der Waals surface area contributed by atoms with Crippen molar-refractivity contribution in [2.75, 3.05) is 0 Å². The highest BCUT2D eigenvalue weighted by molar-refractivity contribution is 5.93. The van der Waals surface area contributed by atoms with E-state index in [4.69, 9.17) is 5.26 Å². The number of hydrogen-bond donors (Lipinski definition) is 0. The lowest BCUT2D eigenvalue weighted by molar-refractivity contribution is 0.942. The molecule has 0 fully saturated rings. The Morgan fingerprint density at radius 1 is 1.17 bits per heavy atom. The zero-order valence-corrected chi connectivity index (χ0v) is 10.7. The van der Waals surface area contributed by atoms with Crippen LogP contribution in [0.4, 0.5) is 0 Å². The van der Waals surface area contributed by atoms with E-state index < -0.39 is 0 Å². The number of aromatic nitrogens is 1. The van der Waals surface area contributed by atoms with Crippen LogP contribution in [0.25, 0.3) is 16.5 Å². The Hall–Kier alpha value is -2.52. The van der Waals surface area contributed by atoms with Crippen LogP contribution in [0.1, 0.15) is 18.2 Å². The van der Waals surface area contributed by atoms with Crippen LogP contribution in [0.5, 0.6) is 0 Å². The summed E-state index contributed by atoms with van der Waals surface area (Å²) in [6.07, 6.45) is 0. The molecule has 3 heteroatoms. The van der Waals surface area contributed by atoms with E-state index in [0.717, 1.165) is 22.2 Å². The molecule has 1 aromatic heterocycles. The van der Waals surface area contributed by atoms with Crippen molar-refractivity contribution in [2.24, 2.45) is 7.05 Å². The molecule has 0 aliphatic rings. The molecular weight excluding hydrogens is 222 g/mol. The van der Waals surface area contributed by atoms with Gasteiger partial charge in [0.15, 0.2) is 0 Å². The van der Waals surface area contributed by atoms with Crippen molar-refractivity contribution in [1.29, 1.82) is 10.5 Å². The predicted octanol–water partition coefficient (Wildman–Crippen LogP) is 3.31. The van der Waals surface area contributed by atoms with E-state index in [1.165, 1.54) is 0 Å². The van der Waals surface area contributed by atoms with Crippen LogP contribution in [0, 0.1) is 29.6 Å². The Balaban J connectivity index is 2.90. The highest BCUT2D eigenvalue weighted by Gasteiger charge is 2.16. The lowest BCUT2D eigenvalue weighted by Crippen LogP contribution is -1.97. The van der Waals surface area contributed by atoms with Gasteiger partial charge >= 0.3 is 0 Å². The molecule has 0 N–H and O–H groups in total. The van der Waals surface area contributed by atoms with Gasteiger partial charge in [0.25, 0.3) is 0 Å². The number of hydrogen-bond acceptors (Lipinski definition) is 2. The van der Waals surface area contributed by atoms with E-state index in [2.05, 4.69) is 12.1 Å². The van der Waals surface area contributed by atoms with Crippen LogP contribution in [-0.4, -0.2) is 4.57 Å². The van der Waals surface area contributed by atoms with E-state index in [1.54, 1.807) is 6.92 Å². The topological polar surface area (TPSA) is 52.5 Å². The minimum Gasteiger partial charge on any atom is -0.343 e. The van der Waals surface area contributed by atoms with Crippen molar-refractivity contribution in [2.45, 2.75) is 13.8 Å². The first-order valence-electron chi connectivity index (χ1n) is 5.67. The predicted molar refractivity (Wildman–Crippen MR) is 71.5 cm³/mol. The molecule has 0 unspecified atom stereocenters. The normalized spacial score (nSPS) is 11.8. The first kappa shape index (κ1) is 12.0.